The van der Waals surface area contributed by atoms with E-state index in [1.54, 1.807) is 0 Å². The normalized spacial score (nSPS) is 10.1. The first-order valence-electron chi connectivity index (χ1n) is 5.95. The summed E-state index contributed by atoms with van der Waals surface area (Å²) in [6.45, 7) is -0.365. The fraction of sp³-hybridized carbons (Fsp3) is 0.0714. The van der Waals surface area contributed by atoms with Crippen LogP contribution in [0.3, 0.4) is 0 Å². The zero-order valence-electron chi connectivity index (χ0n) is 10.7. The molecule has 0 radical (unpaired) electrons. The highest BCUT2D eigenvalue weighted by atomic mass is 19.1. The highest BCUT2D eigenvalue weighted by molar-refractivity contribution is 5.91. The molecular formula is C14H11FN2O4. The van der Waals surface area contributed by atoms with Crippen LogP contribution in [0.25, 0.3) is 0 Å². The second kappa shape index (κ2) is 6.00. The van der Waals surface area contributed by atoms with Crippen molar-refractivity contribution in [3.8, 4) is 0 Å². The van der Waals surface area contributed by atoms with Gasteiger partial charge in [0.25, 0.3) is 5.56 Å². The van der Waals surface area contributed by atoms with Gasteiger partial charge in [0.1, 0.15) is 17.9 Å². The zero-order chi connectivity index (χ0) is 15.4. The summed E-state index contributed by atoms with van der Waals surface area (Å²) in [6.07, 6.45) is 1.31. The molecule has 0 saturated heterocycles. The van der Waals surface area contributed by atoms with Crippen LogP contribution >= 0.6 is 0 Å². The number of anilines is 1. The van der Waals surface area contributed by atoms with E-state index in [-0.39, 0.29) is 12.2 Å². The quantitative estimate of drug-likeness (QED) is 0.889. The second-order valence-corrected chi connectivity index (χ2v) is 4.22. The van der Waals surface area contributed by atoms with E-state index < -0.39 is 28.8 Å². The van der Waals surface area contributed by atoms with Gasteiger partial charge in [0, 0.05) is 11.9 Å². The Labute approximate surface area is 118 Å². The average molecular weight is 290 g/mol. The fourth-order valence-electron chi connectivity index (χ4n) is 1.75. The minimum absolute atomic E-state index is 0.252. The van der Waals surface area contributed by atoms with E-state index in [1.165, 1.54) is 30.5 Å². The van der Waals surface area contributed by atoms with Crippen LogP contribution in [0.5, 0.6) is 0 Å². The number of carboxylic acid groups (broad SMARTS) is 1. The molecule has 1 aromatic carbocycles. The van der Waals surface area contributed by atoms with Crippen LogP contribution in [0.4, 0.5) is 10.1 Å². The number of carbonyl (C=O) groups is 2. The third-order valence-electron chi connectivity index (χ3n) is 2.67. The molecule has 0 aliphatic heterocycles. The molecule has 0 saturated carbocycles. The van der Waals surface area contributed by atoms with Crippen molar-refractivity contribution in [2.24, 2.45) is 0 Å². The molecule has 0 aliphatic rings. The molecule has 1 heterocycles. The lowest BCUT2D eigenvalue weighted by Crippen LogP contribution is -2.30. The van der Waals surface area contributed by atoms with Gasteiger partial charge in [-0.15, -0.1) is 0 Å². The maximum absolute atomic E-state index is 13.0. The van der Waals surface area contributed by atoms with Gasteiger partial charge in [0.05, 0.1) is 0 Å². The Hall–Kier alpha value is -2.96. The number of benzene rings is 1. The van der Waals surface area contributed by atoms with Crippen molar-refractivity contribution >= 4 is 17.6 Å². The summed E-state index contributed by atoms with van der Waals surface area (Å²) in [6, 6.07) is 7.82. The number of halogens is 1. The van der Waals surface area contributed by atoms with Gasteiger partial charge in [-0.3, -0.25) is 9.59 Å². The summed E-state index contributed by atoms with van der Waals surface area (Å²) in [5, 5.41) is 11.3. The molecule has 1 aromatic heterocycles. The van der Waals surface area contributed by atoms with E-state index in [1.807, 2.05) is 0 Å². The molecule has 2 aromatic rings. The van der Waals surface area contributed by atoms with Gasteiger partial charge in [-0.2, -0.15) is 0 Å². The number of aromatic carboxylic acids is 1. The Morgan fingerprint density at radius 1 is 1.24 bits per heavy atom. The molecule has 0 spiro atoms. The molecular weight excluding hydrogens is 279 g/mol. The van der Waals surface area contributed by atoms with Gasteiger partial charge < -0.3 is 15.0 Å². The Morgan fingerprint density at radius 2 is 2.00 bits per heavy atom. The van der Waals surface area contributed by atoms with E-state index in [0.717, 1.165) is 16.7 Å². The molecule has 1 amide bonds. The van der Waals surface area contributed by atoms with Crippen molar-refractivity contribution in [3.63, 3.8) is 0 Å². The Bertz CT molecular complexity index is 755. The average Bonchev–Trinajstić information content (AvgIpc) is 2.40. The molecule has 0 aliphatic carbocycles. The number of pyridine rings is 1. The van der Waals surface area contributed by atoms with Gasteiger partial charge >= 0.3 is 5.97 Å². The van der Waals surface area contributed by atoms with E-state index in [0.29, 0.717) is 0 Å². The van der Waals surface area contributed by atoms with Crippen molar-refractivity contribution in [1.82, 2.24) is 4.57 Å². The fourth-order valence-corrected chi connectivity index (χ4v) is 1.75. The lowest BCUT2D eigenvalue weighted by Gasteiger charge is -2.08. The standard InChI is InChI=1S/C14H11FN2O4/c15-9-3-1-4-10(7-9)16-12(18)8-17-6-2-5-11(13(17)19)14(20)21/h1-7H,8H2,(H,16,18)(H,20,21). The number of hydrogen-bond donors (Lipinski definition) is 2. The summed E-state index contributed by atoms with van der Waals surface area (Å²) in [5.41, 5.74) is -0.946. The molecule has 2 rings (SSSR count). The summed E-state index contributed by atoms with van der Waals surface area (Å²) >= 11 is 0. The Balaban J connectivity index is 2.15. The second-order valence-electron chi connectivity index (χ2n) is 4.22. The molecule has 0 bridgehead atoms. The third-order valence-corrected chi connectivity index (χ3v) is 2.67. The number of hydrogen-bond acceptors (Lipinski definition) is 3. The topological polar surface area (TPSA) is 88.4 Å². The molecule has 2 N–H and O–H groups in total. The number of aromatic nitrogens is 1. The third kappa shape index (κ3) is 3.53. The van der Waals surface area contributed by atoms with E-state index >= 15 is 0 Å². The number of rotatable bonds is 4. The highest BCUT2D eigenvalue weighted by Crippen LogP contribution is 2.08. The van der Waals surface area contributed by atoms with Crippen molar-refractivity contribution in [2.75, 3.05) is 5.32 Å². The van der Waals surface area contributed by atoms with Crippen LogP contribution in [0.1, 0.15) is 10.4 Å². The first-order chi connectivity index (χ1) is 9.97. The van der Waals surface area contributed by atoms with Crippen molar-refractivity contribution < 1.29 is 19.1 Å². The summed E-state index contributed by atoms with van der Waals surface area (Å²) < 4.78 is 13.9. The summed E-state index contributed by atoms with van der Waals surface area (Å²) in [7, 11) is 0. The van der Waals surface area contributed by atoms with Crippen LogP contribution in [0.2, 0.25) is 0 Å². The van der Waals surface area contributed by atoms with Gasteiger partial charge in [-0.05, 0) is 30.3 Å². The predicted molar refractivity (Wildman–Crippen MR) is 72.7 cm³/mol. The van der Waals surface area contributed by atoms with Crippen LogP contribution in [0, 0.1) is 5.82 Å². The van der Waals surface area contributed by atoms with Crippen LogP contribution in [0.15, 0.2) is 47.4 Å². The number of carbonyl (C=O) groups excluding carboxylic acids is 1. The predicted octanol–water partition coefficient (Wildman–Crippen LogP) is 1.32. The van der Waals surface area contributed by atoms with Crippen LogP contribution in [-0.4, -0.2) is 21.6 Å². The first-order valence-corrected chi connectivity index (χ1v) is 5.95. The molecule has 21 heavy (non-hydrogen) atoms. The zero-order valence-corrected chi connectivity index (χ0v) is 10.7. The van der Waals surface area contributed by atoms with E-state index in [2.05, 4.69) is 5.32 Å². The molecule has 0 fully saturated rings. The van der Waals surface area contributed by atoms with Crippen molar-refractivity contribution in [1.29, 1.82) is 0 Å². The highest BCUT2D eigenvalue weighted by Gasteiger charge is 2.12. The summed E-state index contributed by atoms with van der Waals surface area (Å²) in [4.78, 5) is 34.4. The van der Waals surface area contributed by atoms with Crippen molar-refractivity contribution in [3.05, 3.63) is 64.3 Å². The van der Waals surface area contributed by atoms with E-state index in [4.69, 9.17) is 5.11 Å². The maximum atomic E-state index is 13.0. The molecule has 7 heteroatoms. The van der Waals surface area contributed by atoms with Crippen molar-refractivity contribution in [2.45, 2.75) is 6.54 Å². The van der Waals surface area contributed by atoms with E-state index in [9.17, 15) is 18.8 Å². The number of amides is 1. The van der Waals surface area contributed by atoms with Gasteiger partial charge in [-0.1, -0.05) is 6.07 Å². The number of carboxylic acids is 1. The monoisotopic (exact) mass is 290 g/mol. The minimum atomic E-state index is -1.36. The van der Waals surface area contributed by atoms with Gasteiger partial charge in [0.2, 0.25) is 5.91 Å². The van der Waals surface area contributed by atoms with Gasteiger partial charge in [-0.25, -0.2) is 9.18 Å². The van der Waals surface area contributed by atoms with Crippen LogP contribution in [-0.2, 0) is 11.3 Å². The molecule has 0 unspecified atom stereocenters. The number of nitrogens with one attached hydrogen (secondary N) is 1. The van der Waals surface area contributed by atoms with Gasteiger partial charge in [0.15, 0.2) is 0 Å². The molecule has 108 valence electrons. The summed E-state index contributed by atoms with van der Waals surface area (Å²) in [5.74, 6) is -2.43. The first kappa shape index (κ1) is 14.4. The lowest BCUT2D eigenvalue weighted by atomic mass is 10.3. The molecule has 6 nitrogen and oxygen atoms in total. The SMILES string of the molecule is O=C(Cn1cccc(C(=O)O)c1=O)Nc1cccc(F)c1. The van der Waals surface area contributed by atoms with Crippen LogP contribution < -0.4 is 10.9 Å². The Kier molecular flexibility index (Phi) is 4.13. The smallest absolute Gasteiger partial charge is 0.341 e. The number of nitrogens with zero attached hydrogens (tertiary/aromatic N) is 1. The lowest BCUT2D eigenvalue weighted by molar-refractivity contribution is -0.116. The molecule has 0 atom stereocenters. The largest absolute Gasteiger partial charge is 0.477 e. The Morgan fingerprint density at radius 3 is 2.67 bits per heavy atom. The maximum Gasteiger partial charge on any atom is 0.341 e. The minimum Gasteiger partial charge on any atom is -0.477 e.